The van der Waals surface area contributed by atoms with Crippen molar-refractivity contribution in [2.45, 2.75) is 6.92 Å². The molecule has 0 aliphatic carbocycles. The number of benzene rings is 2. The highest BCUT2D eigenvalue weighted by atomic mass is 35.5. The summed E-state index contributed by atoms with van der Waals surface area (Å²) in [5.41, 5.74) is 0.487. The fraction of sp³-hybridized carbons (Fsp3) is 0.0909. The lowest BCUT2D eigenvalue weighted by molar-refractivity contribution is -0.384. The Kier molecular flexibility index (Phi) is 6.70. The largest absolute Gasteiger partial charge is 0.494 e. The third-order valence-corrected chi connectivity index (χ3v) is 4.43. The summed E-state index contributed by atoms with van der Waals surface area (Å²) in [4.78, 5) is 23.0. The van der Waals surface area contributed by atoms with Crippen LogP contribution in [0.25, 0.3) is 17.4 Å². The molecule has 9 heteroatoms. The van der Waals surface area contributed by atoms with Gasteiger partial charge in [0.2, 0.25) is 0 Å². The SMILES string of the molecule is CCOc1cccc(NC(=O)/C(C#N)=C\c2ccc(-c3ccc(Cl)c([N+](=O)[O-])c3)o2)c1. The van der Waals surface area contributed by atoms with Gasteiger partial charge in [0.05, 0.1) is 11.5 Å². The van der Waals surface area contributed by atoms with E-state index in [4.69, 9.17) is 20.8 Å². The number of rotatable bonds is 7. The van der Waals surface area contributed by atoms with Crippen LogP contribution < -0.4 is 10.1 Å². The van der Waals surface area contributed by atoms with E-state index < -0.39 is 10.8 Å². The number of amides is 1. The van der Waals surface area contributed by atoms with Gasteiger partial charge in [0.1, 0.15) is 33.9 Å². The quantitative estimate of drug-likeness (QED) is 0.227. The summed E-state index contributed by atoms with van der Waals surface area (Å²) >= 11 is 5.83. The summed E-state index contributed by atoms with van der Waals surface area (Å²) in [7, 11) is 0. The number of nitro groups is 1. The van der Waals surface area contributed by atoms with E-state index in [1.165, 1.54) is 18.2 Å². The van der Waals surface area contributed by atoms with Crippen LogP contribution in [0.3, 0.4) is 0 Å². The number of halogens is 1. The average Bonchev–Trinajstić information content (AvgIpc) is 3.21. The van der Waals surface area contributed by atoms with Crippen LogP contribution >= 0.6 is 11.6 Å². The van der Waals surface area contributed by atoms with Crippen molar-refractivity contribution in [3.8, 4) is 23.1 Å². The molecule has 156 valence electrons. The van der Waals surface area contributed by atoms with Gasteiger partial charge in [-0.2, -0.15) is 5.26 Å². The lowest BCUT2D eigenvalue weighted by atomic mass is 10.1. The lowest BCUT2D eigenvalue weighted by Crippen LogP contribution is -2.13. The fourth-order valence-electron chi connectivity index (χ4n) is 2.71. The van der Waals surface area contributed by atoms with Gasteiger partial charge in [0, 0.05) is 29.5 Å². The molecule has 0 bridgehead atoms. The Bertz CT molecular complexity index is 1210. The topological polar surface area (TPSA) is 118 Å². The second-order valence-electron chi connectivity index (χ2n) is 6.21. The molecule has 0 atom stereocenters. The van der Waals surface area contributed by atoms with Gasteiger partial charge in [-0.15, -0.1) is 0 Å². The number of nitrogens with one attached hydrogen (secondary N) is 1. The van der Waals surface area contributed by atoms with E-state index in [0.29, 0.717) is 29.4 Å². The highest BCUT2D eigenvalue weighted by molar-refractivity contribution is 6.32. The summed E-state index contributed by atoms with van der Waals surface area (Å²) in [6, 6.07) is 16.0. The molecular formula is C22H16ClN3O5. The molecule has 1 N–H and O–H groups in total. The normalized spacial score (nSPS) is 10.9. The molecule has 1 amide bonds. The molecule has 0 aliphatic heterocycles. The number of nitrogens with zero attached hydrogens (tertiary/aromatic N) is 2. The van der Waals surface area contributed by atoms with E-state index >= 15 is 0 Å². The molecule has 0 radical (unpaired) electrons. The molecule has 0 saturated heterocycles. The maximum atomic E-state index is 12.5. The van der Waals surface area contributed by atoms with Crippen LogP contribution in [0.4, 0.5) is 11.4 Å². The Hall–Kier alpha value is -4.09. The molecule has 1 aromatic heterocycles. The van der Waals surface area contributed by atoms with Crippen molar-refractivity contribution in [1.82, 2.24) is 0 Å². The number of nitro benzene ring substituents is 1. The molecule has 2 aromatic carbocycles. The standard InChI is InChI=1S/C22H16ClN3O5/c1-2-30-17-5-3-4-16(12-17)25-22(27)15(13-24)10-18-7-9-21(31-18)14-6-8-19(23)20(11-14)26(28)29/h3-12H,2H2,1H3,(H,25,27)/b15-10-. The van der Waals surface area contributed by atoms with E-state index in [0.717, 1.165) is 0 Å². The molecule has 0 aliphatic rings. The van der Waals surface area contributed by atoms with Crippen LogP contribution in [0.15, 0.2) is 64.6 Å². The number of carbonyl (C=O) groups is 1. The van der Waals surface area contributed by atoms with Gasteiger partial charge in [0.15, 0.2) is 0 Å². The van der Waals surface area contributed by atoms with E-state index in [-0.39, 0.29) is 22.0 Å². The molecule has 1 heterocycles. The van der Waals surface area contributed by atoms with Crippen molar-refractivity contribution in [2.24, 2.45) is 0 Å². The summed E-state index contributed by atoms with van der Waals surface area (Å²) < 4.78 is 11.0. The summed E-state index contributed by atoms with van der Waals surface area (Å²) in [6.07, 6.45) is 1.29. The van der Waals surface area contributed by atoms with E-state index in [1.54, 1.807) is 42.5 Å². The Morgan fingerprint density at radius 3 is 2.81 bits per heavy atom. The zero-order valence-electron chi connectivity index (χ0n) is 16.3. The Balaban J connectivity index is 1.81. The average molecular weight is 438 g/mol. The molecule has 0 saturated carbocycles. The Morgan fingerprint density at radius 2 is 2.10 bits per heavy atom. The van der Waals surface area contributed by atoms with Gasteiger partial charge in [-0.3, -0.25) is 14.9 Å². The first kappa shape index (κ1) is 21.6. The molecule has 3 rings (SSSR count). The molecule has 31 heavy (non-hydrogen) atoms. The minimum absolute atomic E-state index is 0.0114. The molecular weight excluding hydrogens is 422 g/mol. The fourth-order valence-corrected chi connectivity index (χ4v) is 2.90. The number of nitriles is 1. The second kappa shape index (κ2) is 9.61. The second-order valence-corrected chi connectivity index (χ2v) is 6.62. The van der Waals surface area contributed by atoms with Crippen molar-refractivity contribution in [2.75, 3.05) is 11.9 Å². The predicted octanol–water partition coefficient (Wildman–Crippen LogP) is 5.45. The number of hydrogen-bond donors (Lipinski definition) is 1. The van der Waals surface area contributed by atoms with E-state index in [2.05, 4.69) is 5.32 Å². The number of ether oxygens (including phenoxy) is 1. The van der Waals surface area contributed by atoms with Crippen LogP contribution in [0, 0.1) is 21.4 Å². The Morgan fingerprint density at radius 1 is 1.29 bits per heavy atom. The monoisotopic (exact) mass is 437 g/mol. The number of hydrogen-bond acceptors (Lipinski definition) is 6. The summed E-state index contributed by atoms with van der Waals surface area (Å²) in [5.74, 6) is 0.544. The maximum Gasteiger partial charge on any atom is 0.288 e. The van der Waals surface area contributed by atoms with Gasteiger partial charge in [-0.25, -0.2) is 0 Å². The minimum atomic E-state index is -0.615. The van der Waals surface area contributed by atoms with Crippen LogP contribution in [-0.4, -0.2) is 17.4 Å². The van der Waals surface area contributed by atoms with Gasteiger partial charge < -0.3 is 14.5 Å². The maximum absolute atomic E-state index is 12.5. The highest BCUT2D eigenvalue weighted by Crippen LogP contribution is 2.31. The van der Waals surface area contributed by atoms with Crippen molar-refractivity contribution < 1.29 is 18.9 Å². The van der Waals surface area contributed by atoms with Gasteiger partial charge in [-0.1, -0.05) is 17.7 Å². The van der Waals surface area contributed by atoms with Gasteiger partial charge >= 0.3 is 0 Å². The molecule has 3 aromatic rings. The van der Waals surface area contributed by atoms with Crippen LogP contribution in [0.1, 0.15) is 12.7 Å². The highest BCUT2D eigenvalue weighted by Gasteiger charge is 2.16. The number of anilines is 1. The van der Waals surface area contributed by atoms with Crippen molar-refractivity contribution in [1.29, 1.82) is 5.26 Å². The number of furan rings is 1. The van der Waals surface area contributed by atoms with E-state index in [1.807, 2.05) is 13.0 Å². The first-order chi connectivity index (χ1) is 14.9. The first-order valence-electron chi connectivity index (χ1n) is 9.11. The minimum Gasteiger partial charge on any atom is -0.494 e. The first-order valence-corrected chi connectivity index (χ1v) is 9.49. The van der Waals surface area contributed by atoms with Gasteiger partial charge in [0.25, 0.3) is 11.6 Å². The third-order valence-electron chi connectivity index (χ3n) is 4.11. The lowest BCUT2D eigenvalue weighted by Gasteiger charge is -2.07. The summed E-state index contributed by atoms with van der Waals surface area (Å²) in [5, 5.41) is 23.1. The van der Waals surface area contributed by atoms with Crippen LogP contribution in [-0.2, 0) is 4.79 Å². The zero-order valence-corrected chi connectivity index (χ0v) is 17.1. The smallest absolute Gasteiger partial charge is 0.288 e. The summed E-state index contributed by atoms with van der Waals surface area (Å²) in [6.45, 7) is 2.33. The number of carbonyl (C=O) groups excluding carboxylic acids is 1. The molecule has 8 nitrogen and oxygen atoms in total. The Labute approximate surface area is 182 Å². The molecule has 0 spiro atoms. The van der Waals surface area contributed by atoms with Crippen LogP contribution in [0.5, 0.6) is 5.75 Å². The predicted molar refractivity (Wildman–Crippen MR) is 116 cm³/mol. The molecule has 0 unspecified atom stereocenters. The third kappa shape index (κ3) is 5.29. The van der Waals surface area contributed by atoms with Crippen molar-refractivity contribution in [3.05, 3.63) is 81.1 Å². The van der Waals surface area contributed by atoms with E-state index in [9.17, 15) is 20.2 Å². The van der Waals surface area contributed by atoms with Crippen molar-refractivity contribution in [3.63, 3.8) is 0 Å². The van der Waals surface area contributed by atoms with Gasteiger partial charge in [-0.05, 0) is 43.3 Å². The zero-order chi connectivity index (χ0) is 22.4. The van der Waals surface area contributed by atoms with Crippen LogP contribution in [0.2, 0.25) is 5.02 Å². The van der Waals surface area contributed by atoms with Crippen molar-refractivity contribution >= 4 is 35.0 Å². The molecule has 0 fully saturated rings.